The molecule has 0 fully saturated rings. The Morgan fingerprint density at radius 1 is 1.36 bits per heavy atom. The number of nitrogens with one attached hydrogen (secondary N) is 1. The van der Waals surface area contributed by atoms with E-state index in [1.165, 1.54) is 25.7 Å². The molecule has 1 radical (unpaired) electrons. The Hall–Kier alpha value is -0.0800. The molecule has 1 atom stereocenters. The van der Waals surface area contributed by atoms with Gasteiger partial charge in [-0.25, -0.2) is 0 Å². The minimum atomic E-state index is 0.233. The average Bonchev–Trinajstić information content (AvgIpc) is 2.04. The second-order valence-electron chi connectivity index (χ2n) is 2.95. The first-order valence-electron chi connectivity index (χ1n) is 4.57. The molecular weight excluding hydrogens is 136 g/mol. The van der Waals surface area contributed by atoms with Crippen LogP contribution in [0.3, 0.4) is 0 Å². The molecule has 0 aromatic heterocycles. The van der Waals surface area contributed by atoms with Crippen molar-refractivity contribution in [3.63, 3.8) is 0 Å². The summed E-state index contributed by atoms with van der Waals surface area (Å²) in [5.41, 5.74) is 5.39. The molecule has 3 N–H and O–H groups in total. The van der Waals surface area contributed by atoms with E-state index in [0.717, 1.165) is 6.54 Å². The second kappa shape index (κ2) is 8.02. The molecule has 0 aliphatic heterocycles. The molecule has 0 bridgehead atoms. The van der Waals surface area contributed by atoms with Gasteiger partial charge in [0.25, 0.3) is 0 Å². The van der Waals surface area contributed by atoms with Crippen molar-refractivity contribution in [1.29, 1.82) is 0 Å². The van der Waals surface area contributed by atoms with Crippen LogP contribution < -0.4 is 11.1 Å². The number of hydrogen-bond donors (Lipinski definition) is 2. The quantitative estimate of drug-likeness (QED) is 0.547. The first kappa shape index (κ1) is 10.9. The molecule has 0 spiro atoms. The van der Waals surface area contributed by atoms with Crippen LogP contribution in [0, 0.1) is 6.92 Å². The summed E-state index contributed by atoms with van der Waals surface area (Å²) in [4.78, 5) is 0. The van der Waals surface area contributed by atoms with E-state index in [2.05, 4.69) is 19.2 Å². The fourth-order valence-electron chi connectivity index (χ4n) is 0.941. The third kappa shape index (κ3) is 7.82. The minimum absolute atomic E-state index is 0.233. The van der Waals surface area contributed by atoms with E-state index in [1.807, 2.05) is 0 Å². The van der Waals surface area contributed by atoms with E-state index < -0.39 is 0 Å². The molecule has 0 amide bonds. The third-order valence-corrected chi connectivity index (χ3v) is 1.75. The first-order valence-corrected chi connectivity index (χ1v) is 4.57. The van der Waals surface area contributed by atoms with E-state index in [0.29, 0.717) is 6.54 Å². The van der Waals surface area contributed by atoms with Crippen LogP contribution in [0.5, 0.6) is 0 Å². The van der Waals surface area contributed by atoms with Gasteiger partial charge in [-0.15, -0.1) is 0 Å². The number of nitrogens with two attached hydrogens (primary N) is 1. The maximum absolute atomic E-state index is 5.39. The number of unbranched alkanes of at least 4 members (excludes halogenated alkanes) is 3. The van der Waals surface area contributed by atoms with Crippen LogP contribution in [0.15, 0.2) is 0 Å². The van der Waals surface area contributed by atoms with E-state index in [9.17, 15) is 0 Å². The highest BCUT2D eigenvalue weighted by Gasteiger charge is 1.95. The van der Waals surface area contributed by atoms with Gasteiger partial charge in [-0.05, 0) is 19.9 Å². The summed E-state index contributed by atoms with van der Waals surface area (Å²) in [5, 5.41) is 3.26. The maximum atomic E-state index is 5.39. The fraction of sp³-hybridized carbons (Fsp3) is 0.889. The van der Waals surface area contributed by atoms with Crippen LogP contribution in [-0.2, 0) is 0 Å². The standard InChI is InChI=1S/C9H21N2/c1-3-4-5-6-7-11-9(2)8-10/h9,11H,2-8,10H2,1H3. The van der Waals surface area contributed by atoms with Gasteiger partial charge in [-0.1, -0.05) is 26.2 Å². The highest BCUT2D eigenvalue weighted by molar-refractivity contribution is 4.68. The van der Waals surface area contributed by atoms with Gasteiger partial charge in [-0.3, -0.25) is 0 Å². The van der Waals surface area contributed by atoms with Gasteiger partial charge in [0, 0.05) is 12.6 Å². The molecule has 2 heteroatoms. The zero-order valence-electron chi connectivity index (χ0n) is 7.60. The van der Waals surface area contributed by atoms with Crippen LogP contribution in [0.2, 0.25) is 0 Å². The highest BCUT2D eigenvalue weighted by atomic mass is 14.9. The van der Waals surface area contributed by atoms with Crippen LogP contribution >= 0.6 is 0 Å². The molecule has 67 valence electrons. The van der Waals surface area contributed by atoms with Crippen molar-refractivity contribution in [1.82, 2.24) is 5.32 Å². The molecule has 0 aliphatic carbocycles. The van der Waals surface area contributed by atoms with Gasteiger partial charge < -0.3 is 11.1 Å². The Morgan fingerprint density at radius 3 is 2.64 bits per heavy atom. The lowest BCUT2D eigenvalue weighted by Gasteiger charge is -2.09. The third-order valence-electron chi connectivity index (χ3n) is 1.75. The van der Waals surface area contributed by atoms with Gasteiger partial charge in [-0.2, -0.15) is 0 Å². The van der Waals surface area contributed by atoms with Crippen molar-refractivity contribution >= 4 is 0 Å². The van der Waals surface area contributed by atoms with Crippen molar-refractivity contribution in [2.24, 2.45) is 5.73 Å². The molecule has 1 unspecified atom stereocenters. The fourth-order valence-corrected chi connectivity index (χ4v) is 0.941. The minimum Gasteiger partial charge on any atom is -0.329 e. The SMILES string of the molecule is [CH2]C(CN)NCCCCCC. The topological polar surface area (TPSA) is 38.0 Å². The normalized spacial score (nSPS) is 13.4. The molecule has 0 aromatic rings. The lowest BCUT2D eigenvalue weighted by molar-refractivity contribution is 0.553. The van der Waals surface area contributed by atoms with Gasteiger partial charge in [0.1, 0.15) is 0 Å². The number of hydrogen-bond acceptors (Lipinski definition) is 2. The molecule has 2 nitrogen and oxygen atoms in total. The van der Waals surface area contributed by atoms with Crippen LogP contribution in [-0.4, -0.2) is 19.1 Å². The monoisotopic (exact) mass is 157 g/mol. The van der Waals surface area contributed by atoms with Gasteiger partial charge in [0.05, 0.1) is 0 Å². The van der Waals surface area contributed by atoms with Crippen molar-refractivity contribution < 1.29 is 0 Å². The summed E-state index contributed by atoms with van der Waals surface area (Å²) in [5.74, 6) is 0. The molecule has 0 aliphatic rings. The highest BCUT2D eigenvalue weighted by Crippen LogP contribution is 1.97. The summed E-state index contributed by atoms with van der Waals surface area (Å²) >= 11 is 0. The van der Waals surface area contributed by atoms with Crippen LogP contribution in [0.4, 0.5) is 0 Å². The van der Waals surface area contributed by atoms with Crippen LogP contribution in [0.1, 0.15) is 32.6 Å². The van der Waals surface area contributed by atoms with E-state index in [-0.39, 0.29) is 6.04 Å². The largest absolute Gasteiger partial charge is 0.329 e. The van der Waals surface area contributed by atoms with E-state index in [1.54, 1.807) is 0 Å². The Balaban J connectivity index is 2.89. The van der Waals surface area contributed by atoms with Crippen LogP contribution in [0.25, 0.3) is 0 Å². The van der Waals surface area contributed by atoms with E-state index >= 15 is 0 Å². The first-order chi connectivity index (χ1) is 5.31. The van der Waals surface area contributed by atoms with Crippen molar-refractivity contribution in [2.45, 2.75) is 38.6 Å². The molecular formula is C9H21N2. The maximum Gasteiger partial charge on any atom is 0.0190 e. The summed E-state index contributed by atoms with van der Waals surface area (Å²) in [6, 6.07) is 0.233. The summed E-state index contributed by atoms with van der Waals surface area (Å²) < 4.78 is 0. The van der Waals surface area contributed by atoms with Crippen molar-refractivity contribution in [3.8, 4) is 0 Å². The molecule has 11 heavy (non-hydrogen) atoms. The Morgan fingerprint density at radius 2 is 2.09 bits per heavy atom. The zero-order chi connectivity index (χ0) is 8.53. The predicted molar refractivity (Wildman–Crippen MR) is 50.3 cm³/mol. The Kier molecular flexibility index (Phi) is 7.96. The lowest BCUT2D eigenvalue weighted by Crippen LogP contribution is -2.33. The molecule has 0 saturated carbocycles. The zero-order valence-corrected chi connectivity index (χ0v) is 7.60. The summed E-state index contributed by atoms with van der Waals surface area (Å²) in [6.45, 7) is 7.75. The Bertz CT molecular complexity index is 74.0. The van der Waals surface area contributed by atoms with Gasteiger partial charge in [0.2, 0.25) is 0 Å². The smallest absolute Gasteiger partial charge is 0.0190 e. The predicted octanol–water partition coefficient (Wildman–Crippen LogP) is 1.32. The van der Waals surface area contributed by atoms with Crippen molar-refractivity contribution in [2.75, 3.05) is 13.1 Å². The summed E-state index contributed by atoms with van der Waals surface area (Å²) in [7, 11) is 0. The van der Waals surface area contributed by atoms with Gasteiger partial charge >= 0.3 is 0 Å². The molecule has 0 aromatic carbocycles. The van der Waals surface area contributed by atoms with Gasteiger partial charge in [0.15, 0.2) is 0 Å². The van der Waals surface area contributed by atoms with Crippen molar-refractivity contribution in [3.05, 3.63) is 6.92 Å². The number of rotatable bonds is 7. The molecule has 0 heterocycles. The molecule has 0 saturated heterocycles. The van der Waals surface area contributed by atoms with E-state index in [4.69, 9.17) is 5.73 Å². The summed E-state index contributed by atoms with van der Waals surface area (Å²) in [6.07, 6.45) is 5.21. The molecule has 0 rings (SSSR count). The lowest BCUT2D eigenvalue weighted by atomic mass is 10.2. The second-order valence-corrected chi connectivity index (χ2v) is 2.95. The Labute approximate surface area is 70.5 Å². The average molecular weight is 157 g/mol.